The quantitative estimate of drug-likeness (QED) is 0.832. The molecule has 0 radical (unpaired) electrons. The Morgan fingerprint density at radius 3 is 2.74 bits per heavy atom. The van der Waals surface area contributed by atoms with Crippen LogP contribution >= 0.6 is 0 Å². The fourth-order valence-corrected chi connectivity index (χ4v) is 4.19. The summed E-state index contributed by atoms with van der Waals surface area (Å²) in [6.45, 7) is 9.34. The fraction of sp³-hybridized carbons (Fsp3) is 0.524. The first kappa shape index (κ1) is 18.2. The van der Waals surface area contributed by atoms with Gasteiger partial charge in [0.05, 0.1) is 36.4 Å². The third-order valence-corrected chi connectivity index (χ3v) is 5.79. The summed E-state index contributed by atoms with van der Waals surface area (Å²) in [6, 6.07) is 8.42. The van der Waals surface area contributed by atoms with E-state index in [2.05, 4.69) is 27.9 Å². The SMILES string of the molecule is Cc1ccccc1-n1ncc(C(=O)N2CCCC2CN2CCOCC2)c1C. The minimum absolute atomic E-state index is 0.114. The molecule has 4 rings (SSSR count). The van der Waals surface area contributed by atoms with E-state index in [4.69, 9.17) is 4.74 Å². The van der Waals surface area contributed by atoms with Crippen LogP contribution in [0.4, 0.5) is 0 Å². The summed E-state index contributed by atoms with van der Waals surface area (Å²) in [5, 5.41) is 4.52. The summed E-state index contributed by atoms with van der Waals surface area (Å²) in [7, 11) is 0. The third-order valence-electron chi connectivity index (χ3n) is 5.79. The summed E-state index contributed by atoms with van der Waals surface area (Å²) in [5.41, 5.74) is 3.80. The molecule has 27 heavy (non-hydrogen) atoms. The van der Waals surface area contributed by atoms with Crippen LogP contribution in [0.25, 0.3) is 5.69 Å². The standard InChI is InChI=1S/C21H28N4O2/c1-16-6-3-4-8-20(16)25-17(2)19(14-22-25)21(26)24-9-5-7-18(24)15-23-10-12-27-13-11-23/h3-4,6,8,14,18H,5,7,9-13,15H2,1-2H3. The van der Waals surface area contributed by atoms with E-state index >= 15 is 0 Å². The van der Waals surface area contributed by atoms with Gasteiger partial charge in [-0.1, -0.05) is 18.2 Å². The highest BCUT2D eigenvalue weighted by atomic mass is 16.5. The van der Waals surface area contributed by atoms with Crippen LogP contribution in [0, 0.1) is 13.8 Å². The highest BCUT2D eigenvalue weighted by Crippen LogP contribution is 2.24. The van der Waals surface area contributed by atoms with Gasteiger partial charge in [0.2, 0.25) is 0 Å². The average Bonchev–Trinajstić information content (AvgIpc) is 3.29. The monoisotopic (exact) mass is 368 g/mol. The van der Waals surface area contributed by atoms with Gasteiger partial charge < -0.3 is 9.64 Å². The summed E-state index contributed by atoms with van der Waals surface area (Å²) >= 11 is 0. The first-order valence-electron chi connectivity index (χ1n) is 9.87. The van der Waals surface area contributed by atoms with E-state index in [1.165, 1.54) is 0 Å². The first-order valence-corrected chi connectivity index (χ1v) is 9.87. The van der Waals surface area contributed by atoms with Crippen LogP contribution in [0.3, 0.4) is 0 Å². The molecule has 2 aliphatic rings. The maximum absolute atomic E-state index is 13.3. The van der Waals surface area contributed by atoms with Crippen LogP contribution in [-0.2, 0) is 4.74 Å². The van der Waals surface area contributed by atoms with Crippen molar-refractivity contribution in [2.45, 2.75) is 32.7 Å². The molecule has 0 aliphatic carbocycles. The Morgan fingerprint density at radius 1 is 1.19 bits per heavy atom. The number of morpholine rings is 1. The Morgan fingerprint density at radius 2 is 1.96 bits per heavy atom. The summed E-state index contributed by atoms with van der Waals surface area (Å²) in [6.07, 6.45) is 3.88. The van der Waals surface area contributed by atoms with E-state index in [0.717, 1.165) is 69.2 Å². The normalized spacial score (nSPS) is 21.0. The molecule has 1 aromatic carbocycles. The van der Waals surface area contributed by atoms with Crippen molar-refractivity contribution in [3.63, 3.8) is 0 Å². The van der Waals surface area contributed by atoms with Gasteiger partial charge in [-0.3, -0.25) is 9.69 Å². The molecule has 0 saturated carbocycles. The minimum atomic E-state index is 0.114. The lowest BCUT2D eigenvalue weighted by Crippen LogP contribution is -2.46. The number of hydrogen-bond donors (Lipinski definition) is 0. The molecule has 0 N–H and O–H groups in total. The Labute approximate surface area is 160 Å². The highest BCUT2D eigenvalue weighted by Gasteiger charge is 2.32. The molecule has 3 heterocycles. The topological polar surface area (TPSA) is 50.6 Å². The number of benzene rings is 1. The molecule has 1 unspecified atom stereocenters. The van der Waals surface area contributed by atoms with E-state index in [1.54, 1.807) is 6.20 Å². The van der Waals surface area contributed by atoms with Crippen molar-refractivity contribution in [2.75, 3.05) is 39.4 Å². The number of ether oxygens (including phenoxy) is 1. The van der Waals surface area contributed by atoms with E-state index in [9.17, 15) is 4.79 Å². The maximum atomic E-state index is 13.3. The van der Waals surface area contributed by atoms with Crippen LogP contribution in [-0.4, -0.2) is 70.9 Å². The zero-order chi connectivity index (χ0) is 18.8. The first-order chi connectivity index (χ1) is 13.1. The van der Waals surface area contributed by atoms with Crippen LogP contribution in [0.5, 0.6) is 0 Å². The van der Waals surface area contributed by atoms with E-state index in [1.807, 2.05) is 29.8 Å². The number of amides is 1. The van der Waals surface area contributed by atoms with Gasteiger partial charge in [-0.15, -0.1) is 0 Å². The zero-order valence-electron chi connectivity index (χ0n) is 16.2. The van der Waals surface area contributed by atoms with Crippen molar-refractivity contribution in [3.8, 4) is 5.69 Å². The van der Waals surface area contributed by atoms with Gasteiger partial charge in [0.25, 0.3) is 5.91 Å². The molecule has 1 aromatic heterocycles. The Hall–Kier alpha value is -2.18. The molecular formula is C21H28N4O2. The number of rotatable bonds is 4. The number of para-hydroxylation sites is 1. The third kappa shape index (κ3) is 3.64. The lowest BCUT2D eigenvalue weighted by atomic mass is 10.1. The number of carbonyl (C=O) groups excluding carboxylic acids is 1. The summed E-state index contributed by atoms with van der Waals surface area (Å²) in [4.78, 5) is 17.8. The average molecular weight is 368 g/mol. The molecule has 0 bridgehead atoms. The predicted molar refractivity (Wildman–Crippen MR) is 104 cm³/mol. The van der Waals surface area contributed by atoms with Crippen molar-refractivity contribution in [1.82, 2.24) is 19.6 Å². The van der Waals surface area contributed by atoms with Gasteiger partial charge >= 0.3 is 0 Å². The fourth-order valence-electron chi connectivity index (χ4n) is 4.19. The molecule has 1 amide bonds. The molecule has 2 fully saturated rings. The number of carbonyl (C=O) groups is 1. The summed E-state index contributed by atoms with van der Waals surface area (Å²) < 4.78 is 7.33. The molecule has 2 saturated heterocycles. The second kappa shape index (κ2) is 7.82. The Bertz CT molecular complexity index is 810. The predicted octanol–water partition coefficient (Wildman–Crippen LogP) is 2.43. The number of likely N-dealkylation sites (tertiary alicyclic amines) is 1. The molecule has 1 atom stereocenters. The van der Waals surface area contributed by atoms with E-state index in [-0.39, 0.29) is 11.9 Å². The molecular weight excluding hydrogens is 340 g/mol. The summed E-state index contributed by atoms with van der Waals surface area (Å²) in [5.74, 6) is 0.114. The number of hydrogen-bond acceptors (Lipinski definition) is 4. The van der Waals surface area contributed by atoms with Crippen molar-refractivity contribution in [2.24, 2.45) is 0 Å². The lowest BCUT2D eigenvalue weighted by molar-refractivity contribution is 0.0261. The van der Waals surface area contributed by atoms with Crippen LogP contribution in [0.15, 0.2) is 30.5 Å². The largest absolute Gasteiger partial charge is 0.379 e. The minimum Gasteiger partial charge on any atom is -0.379 e. The van der Waals surface area contributed by atoms with Gasteiger partial charge in [-0.05, 0) is 38.3 Å². The van der Waals surface area contributed by atoms with Crippen LogP contribution < -0.4 is 0 Å². The van der Waals surface area contributed by atoms with Crippen LogP contribution in [0.2, 0.25) is 0 Å². The molecule has 6 heteroatoms. The second-order valence-corrected chi connectivity index (χ2v) is 7.55. The van der Waals surface area contributed by atoms with Crippen molar-refractivity contribution in [3.05, 3.63) is 47.3 Å². The number of aryl methyl sites for hydroxylation is 1. The molecule has 2 aliphatic heterocycles. The van der Waals surface area contributed by atoms with E-state index < -0.39 is 0 Å². The molecule has 2 aromatic rings. The second-order valence-electron chi connectivity index (χ2n) is 7.55. The van der Waals surface area contributed by atoms with Gasteiger partial charge in [-0.2, -0.15) is 5.10 Å². The van der Waals surface area contributed by atoms with Crippen molar-refractivity contribution < 1.29 is 9.53 Å². The number of nitrogens with zero attached hydrogens (tertiary/aromatic N) is 4. The smallest absolute Gasteiger partial charge is 0.257 e. The van der Waals surface area contributed by atoms with Gasteiger partial charge in [-0.25, -0.2) is 4.68 Å². The highest BCUT2D eigenvalue weighted by molar-refractivity contribution is 5.95. The Balaban J connectivity index is 1.53. The zero-order valence-corrected chi connectivity index (χ0v) is 16.2. The Kier molecular flexibility index (Phi) is 5.27. The maximum Gasteiger partial charge on any atom is 0.257 e. The van der Waals surface area contributed by atoms with E-state index in [0.29, 0.717) is 5.56 Å². The van der Waals surface area contributed by atoms with Crippen LogP contribution in [0.1, 0.15) is 34.5 Å². The molecule has 144 valence electrons. The lowest BCUT2D eigenvalue weighted by Gasteiger charge is -2.32. The van der Waals surface area contributed by atoms with Gasteiger partial charge in [0.1, 0.15) is 0 Å². The molecule has 0 spiro atoms. The molecule has 6 nitrogen and oxygen atoms in total. The van der Waals surface area contributed by atoms with Gasteiger partial charge in [0, 0.05) is 32.2 Å². The van der Waals surface area contributed by atoms with Gasteiger partial charge in [0.15, 0.2) is 0 Å². The van der Waals surface area contributed by atoms with Crippen molar-refractivity contribution in [1.29, 1.82) is 0 Å². The van der Waals surface area contributed by atoms with Crippen molar-refractivity contribution >= 4 is 5.91 Å². The number of aromatic nitrogens is 2.